The van der Waals surface area contributed by atoms with E-state index in [0.717, 1.165) is 12.2 Å². The number of halogens is 1. The lowest BCUT2D eigenvalue weighted by molar-refractivity contribution is 0.205. The minimum atomic E-state index is -0.215. The summed E-state index contributed by atoms with van der Waals surface area (Å²) in [5.41, 5.74) is 7.17. The van der Waals surface area contributed by atoms with Crippen molar-refractivity contribution in [3.63, 3.8) is 0 Å². The van der Waals surface area contributed by atoms with Gasteiger partial charge in [-0.25, -0.2) is 4.39 Å². The number of ether oxygens (including phenoxy) is 1. The summed E-state index contributed by atoms with van der Waals surface area (Å²) in [5, 5.41) is 0. The van der Waals surface area contributed by atoms with Gasteiger partial charge >= 0.3 is 0 Å². The second-order valence-corrected chi connectivity index (χ2v) is 4.36. The van der Waals surface area contributed by atoms with Gasteiger partial charge in [0.15, 0.2) is 0 Å². The summed E-state index contributed by atoms with van der Waals surface area (Å²) in [4.78, 5) is 2.22. The molecule has 4 heteroatoms. The molecule has 1 aliphatic rings. The second kappa shape index (κ2) is 5.47. The fraction of sp³-hybridized carbons (Fsp3) is 0.538. The molecule has 0 aromatic heterocycles. The highest BCUT2D eigenvalue weighted by molar-refractivity contribution is 5.56. The van der Waals surface area contributed by atoms with Gasteiger partial charge in [-0.1, -0.05) is 6.07 Å². The first-order chi connectivity index (χ1) is 8.27. The highest BCUT2D eigenvalue weighted by atomic mass is 19.1. The van der Waals surface area contributed by atoms with E-state index in [0.29, 0.717) is 18.2 Å². The zero-order chi connectivity index (χ0) is 12.3. The third-order valence-electron chi connectivity index (χ3n) is 3.13. The van der Waals surface area contributed by atoms with Gasteiger partial charge in [0.05, 0.1) is 6.61 Å². The quantitative estimate of drug-likeness (QED) is 0.822. The number of hydrogen-bond donors (Lipinski definition) is 1. The SMILES string of the molecule is COCCN(c1cccc(F)c1CN)C1CC1. The molecular formula is C13H19FN2O. The molecule has 94 valence electrons. The number of methoxy groups -OCH3 is 1. The molecule has 0 spiro atoms. The molecule has 0 heterocycles. The Labute approximate surface area is 101 Å². The number of hydrogen-bond acceptors (Lipinski definition) is 3. The van der Waals surface area contributed by atoms with E-state index in [9.17, 15) is 4.39 Å². The Morgan fingerprint density at radius 2 is 2.24 bits per heavy atom. The van der Waals surface area contributed by atoms with Crippen LogP contribution in [-0.2, 0) is 11.3 Å². The standard InChI is InChI=1S/C13H19FN2O/c1-17-8-7-16(10-5-6-10)13-4-2-3-12(14)11(13)9-15/h2-4,10H,5-9,15H2,1H3. The fourth-order valence-electron chi connectivity index (χ4n) is 2.09. The molecule has 2 rings (SSSR count). The first kappa shape index (κ1) is 12.3. The van der Waals surface area contributed by atoms with E-state index in [1.165, 1.54) is 18.9 Å². The Morgan fingerprint density at radius 3 is 2.82 bits per heavy atom. The van der Waals surface area contributed by atoms with Crippen LogP contribution in [0.4, 0.5) is 10.1 Å². The average molecular weight is 238 g/mol. The number of rotatable bonds is 6. The van der Waals surface area contributed by atoms with Crippen molar-refractivity contribution in [1.29, 1.82) is 0 Å². The molecule has 2 N–H and O–H groups in total. The second-order valence-electron chi connectivity index (χ2n) is 4.36. The average Bonchev–Trinajstić information content (AvgIpc) is 3.14. The maximum atomic E-state index is 13.7. The zero-order valence-electron chi connectivity index (χ0n) is 10.2. The molecule has 17 heavy (non-hydrogen) atoms. The van der Waals surface area contributed by atoms with Crippen LogP contribution in [0.1, 0.15) is 18.4 Å². The summed E-state index contributed by atoms with van der Waals surface area (Å²) >= 11 is 0. The van der Waals surface area contributed by atoms with Crippen LogP contribution in [0.5, 0.6) is 0 Å². The highest BCUT2D eigenvalue weighted by Crippen LogP contribution is 2.34. The molecule has 0 atom stereocenters. The first-order valence-electron chi connectivity index (χ1n) is 6.01. The van der Waals surface area contributed by atoms with Gasteiger partial charge < -0.3 is 15.4 Å². The minimum absolute atomic E-state index is 0.215. The van der Waals surface area contributed by atoms with Crippen molar-refractivity contribution in [2.75, 3.05) is 25.2 Å². The predicted molar refractivity (Wildman–Crippen MR) is 66.5 cm³/mol. The molecule has 0 aliphatic heterocycles. The lowest BCUT2D eigenvalue weighted by Gasteiger charge is -2.26. The van der Waals surface area contributed by atoms with E-state index in [-0.39, 0.29) is 12.4 Å². The number of anilines is 1. The van der Waals surface area contributed by atoms with Gasteiger partial charge in [-0.3, -0.25) is 0 Å². The molecule has 0 saturated heterocycles. The van der Waals surface area contributed by atoms with E-state index in [1.54, 1.807) is 13.2 Å². The summed E-state index contributed by atoms with van der Waals surface area (Å²) in [5.74, 6) is -0.215. The summed E-state index contributed by atoms with van der Waals surface area (Å²) in [6, 6.07) is 5.68. The number of nitrogens with two attached hydrogens (primary N) is 1. The monoisotopic (exact) mass is 238 g/mol. The Bertz CT molecular complexity index is 380. The van der Waals surface area contributed by atoms with Gasteiger partial charge in [0.25, 0.3) is 0 Å². The van der Waals surface area contributed by atoms with Gasteiger partial charge in [-0.15, -0.1) is 0 Å². The largest absolute Gasteiger partial charge is 0.383 e. The molecule has 0 unspecified atom stereocenters. The fourth-order valence-corrected chi connectivity index (χ4v) is 2.09. The number of benzene rings is 1. The molecule has 1 aliphatic carbocycles. The minimum Gasteiger partial charge on any atom is -0.383 e. The lowest BCUT2D eigenvalue weighted by Crippen LogP contribution is -2.31. The molecule has 1 aromatic carbocycles. The van der Waals surface area contributed by atoms with Crippen molar-refractivity contribution in [1.82, 2.24) is 0 Å². The predicted octanol–water partition coefficient (Wildman–Crippen LogP) is 1.90. The number of nitrogens with zero attached hydrogens (tertiary/aromatic N) is 1. The van der Waals surface area contributed by atoms with Crippen LogP contribution in [0, 0.1) is 5.82 Å². The Hall–Kier alpha value is -1.13. The van der Waals surface area contributed by atoms with E-state index in [1.807, 2.05) is 6.07 Å². The lowest BCUT2D eigenvalue weighted by atomic mass is 10.1. The molecule has 1 fully saturated rings. The van der Waals surface area contributed by atoms with Gasteiger partial charge in [0.2, 0.25) is 0 Å². The zero-order valence-corrected chi connectivity index (χ0v) is 10.2. The molecule has 1 saturated carbocycles. The van der Waals surface area contributed by atoms with Crippen molar-refractivity contribution >= 4 is 5.69 Å². The Kier molecular flexibility index (Phi) is 3.97. The Morgan fingerprint density at radius 1 is 1.47 bits per heavy atom. The van der Waals surface area contributed by atoms with E-state index in [2.05, 4.69) is 4.90 Å². The van der Waals surface area contributed by atoms with Crippen LogP contribution in [-0.4, -0.2) is 26.3 Å². The van der Waals surface area contributed by atoms with Crippen LogP contribution in [0.3, 0.4) is 0 Å². The summed E-state index contributed by atoms with van der Waals surface area (Å²) in [7, 11) is 1.68. The molecule has 0 radical (unpaired) electrons. The maximum absolute atomic E-state index is 13.7. The molecule has 0 amide bonds. The van der Waals surface area contributed by atoms with Crippen LogP contribution in [0.15, 0.2) is 18.2 Å². The van der Waals surface area contributed by atoms with Gasteiger partial charge in [0, 0.05) is 37.5 Å². The van der Waals surface area contributed by atoms with Gasteiger partial charge in [-0.05, 0) is 25.0 Å². The summed E-state index contributed by atoms with van der Waals surface area (Å²) in [6.07, 6.45) is 2.34. The van der Waals surface area contributed by atoms with E-state index < -0.39 is 0 Å². The van der Waals surface area contributed by atoms with Crippen molar-refractivity contribution in [3.05, 3.63) is 29.6 Å². The van der Waals surface area contributed by atoms with Crippen LogP contribution >= 0.6 is 0 Å². The van der Waals surface area contributed by atoms with Crippen molar-refractivity contribution in [2.45, 2.75) is 25.4 Å². The van der Waals surface area contributed by atoms with Crippen LogP contribution in [0.25, 0.3) is 0 Å². The van der Waals surface area contributed by atoms with E-state index >= 15 is 0 Å². The van der Waals surface area contributed by atoms with Crippen molar-refractivity contribution in [2.24, 2.45) is 5.73 Å². The normalized spacial score (nSPS) is 15.0. The summed E-state index contributed by atoms with van der Waals surface area (Å²) < 4.78 is 18.8. The van der Waals surface area contributed by atoms with Gasteiger partial charge in [-0.2, -0.15) is 0 Å². The first-order valence-corrected chi connectivity index (χ1v) is 6.01. The van der Waals surface area contributed by atoms with Crippen molar-refractivity contribution < 1.29 is 9.13 Å². The molecule has 1 aromatic rings. The smallest absolute Gasteiger partial charge is 0.129 e. The third kappa shape index (κ3) is 2.76. The van der Waals surface area contributed by atoms with E-state index in [4.69, 9.17) is 10.5 Å². The highest BCUT2D eigenvalue weighted by Gasteiger charge is 2.30. The van der Waals surface area contributed by atoms with Crippen LogP contribution in [0.2, 0.25) is 0 Å². The molecule has 0 bridgehead atoms. The van der Waals surface area contributed by atoms with Crippen molar-refractivity contribution in [3.8, 4) is 0 Å². The Balaban J connectivity index is 2.25. The summed E-state index contributed by atoms with van der Waals surface area (Å²) in [6.45, 7) is 1.67. The molecule has 3 nitrogen and oxygen atoms in total. The van der Waals surface area contributed by atoms with Gasteiger partial charge in [0.1, 0.15) is 5.82 Å². The van der Waals surface area contributed by atoms with Crippen LogP contribution < -0.4 is 10.6 Å². The topological polar surface area (TPSA) is 38.5 Å². The maximum Gasteiger partial charge on any atom is 0.129 e. The third-order valence-corrected chi connectivity index (χ3v) is 3.13. The molecular weight excluding hydrogens is 219 g/mol.